The predicted octanol–water partition coefficient (Wildman–Crippen LogP) is 4.34. The van der Waals surface area contributed by atoms with Gasteiger partial charge in [0.05, 0.1) is 5.56 Å². The number of nitrogens with one attached hydrogen (secondary N) is 2. The Morgan fingerprint density at radius 1 is 1.00 bits per heavy atom. The van der Waals surface area contributed by atoms with Gasteiger partial charge in [-0.2, -0.15) is 4.98 Å². The van der Waals surface area contributed by atoms with Gasteiger partial charge in [-0.3, -0.25) is 10.3 Å². The van der Waals surface area contributed by atoms with Crippen LogP contribution in [-0.4, -0.2) is 62.1 Å². The molecule has 3 aliphatic heterocycles. The van der Waals surface area contributed by atoms with Gasteiger partial charge in [0.1, 0.15) is 16.2 Å². The minimum absolute atomic E-state index is 0.187. The van der Waals surface area contributed by atoms with E-state index in [1.807, 2.05) is 38.0 Å². The number of hydrogen-bond acceptors (Lipinski definition) is 9. The van der Waals surface area contributed by atoms with E-state index in [1.54, 1.807) is 11.3 Å². The molecule has 35 heavy (non-hydrogen) atoms. The first-order valence-electron chi connectivity index (χ1n) is 12.2. The van der Waals surface area contributed by atoms with Crippen molar-refractivity contribution in [3.8, 4) is 21.7 Å². The highest BCUT2D eigenvalue weighted by atomic mass is 32.1. The molecule has 0 bridgehead atoms. The van der Waals surface area contributed by atoms with Crippen molar-refractivity contribution in [2.45, 2.75) is 39.8 Å². The minimum Gasteiger partial charge on any atom is -0.349 e. The fourth-order valence-electron chi connectivity index (χ4n) is 3.99. The molecule has 1 aromatic rings. The number of guanidine groups is 1. The molecular formula is C26H36N8S. The number of rotatable bonds is 7. The molecule has 0 aromatic heterocycles. The average molecular weight is 493 g/mol. The van der Waals surface area contributed by atoms with Crippen LogP contribution in [0.1, 0.15) is 44.0 Å². The second-order valence-corrected chi connectivity index (χ2v) is 10.2. The molecule has 0 aliphatic carbocycles. The van der Waals surface area contributed by atoms with E-state index >= 15 is 0 Å². The van der Waals surface area contributed by atoms with Gasteiger partial charge in [0.25, 0.3) is 0 Å². The summed E-state index contributed by atoms with van der Waals surface area (Å²) in [5.74, 6) is 1.49. The van der Waals surface area contributed by atoms with Gasteiger partial charge in [0.15, 0.2) is 5.49 Å². The van der Waals surface area contributed by atoms with Crippen LogP contribution < -0.4 is 21.0 Å². The molecule has 186 valence electrons. The number of anilines is 2. The van der Waals surface area contributed by atoms with Gasteiger partial charge in [-0.15, -0.1) is 0 Å². The van der Waals surface area contributed by atoms with Crippen LogP contribution >= 0.6 is 11.3 Å². The Morgan fingerprint density at radius 2 is 1.74 bits per heavy atom. The normalized spacial score (nSPS) is 15.6. The van der Waals surface area contributed by atoms with Crippen molar-refractivity contribution >= 4 is 28.2 Å². The molecule has 2 N–H and O–H groups in total. The SMILES string of the molecule is CCCN=c1nc(N(C)C)nc2sc3c(c(-c4ccc(C)cc4)c1-2)C(NCCC)N=C(N(C)C)N3. The summed E-state index contributed by atoms with van der Waals surface area (Å²) in [6.45, 7) is 8.00. The predicted molar refractivity (Wildman–Crippen MR) is 148 cm³/mol. The Kier molecular flexibility index (Phi) is 7.66. The third kappa shape index (κ3) is 5.16. The van der Waals surface area contributed by atoms with Gasteiger partial charge in [0.2, 0.25) is 11.9 Å². The number of nitrogens with zero attached hydrogens (tertiary/aromatic N) is 6. The molecule has 8 nitrogen and oxygen atoms in total. The summed E-state index contributed by atoms with van der Waals surface area (Å²) in [7, 11) is 7.95. The molecule has 0 fully saturated rings. The lowest BCUT2D eigenvalue weighted by Crippen LogP contribution is -2.37. The quantitative estimate of drug-likeness (QED) is 0.511. The van der Waals surface area contributed by atoms with E-state index in [9.17, 15) is 0 Å². The van der Waals surface area contributed by atoms with Crippen molar-refractivity contribution in [2.24, 2.45) is 9.98 Å². The fraction of sp³-hybridized carbons (Fsp3) is 0.462. The van der Waals surface area contributed by atoms with Crippen molar-refractivity contribution in [3.05, 3.63) is 40.9 Å². The lowest BCUT2D eigenvalue weighted by Gasteiger charge is -2.31. The zero-order valence-electron chi connectivity index (χ0n) is 21.8. The maximum Gasteiger partial charge on any atom is 0.228 e. The van der Waals surface area contributed by atoms with Crippen molar-refractivity contribution in [3.63, 3.8) is 0 Å². The molecule has 9 heteroatoms. The van der Waals surface area contributed by atoms with Gasteiger partial charge in [-0.25, -0.2) is 9.98 Å². The van der Waals surface area contributed by atoms with Crippen LogP contribution in [0.2, 0.25) is 0 Å². The van der Waals surface area contributed by atoms with Crippen LogP contribution in [0.5, 0.6) is 0 Å². The largest absolute Gasteiger partial charge is 0.349 e. The molecule has 4 rings (SSSR count). The first-order chi connectivity index (χ1) is 16.8. The van der Waals surface area contributed by atoms with E-state index in [4.69, 9.17) is 20.0 Å². The van der Waals surface area contributed by atoms with E-state index in [1.165, 1.54) is 5.56 Å². The molecule has 0 spiro atoms. The first-order valence-corrected chi connectivity index (χ1v) is 13.0. The standard InChI is InChI=1S/C26H36N8S/c1-8-14-27-21-19-18(17-12-10-16(3)11-13-17)20-22(28-15-9-2)30-26(34(6)7)32-24(20)35-23(19)31-25(29-21)33(4)5/h10-13,21,27H,8-9,14-15H2,1-7H3,(H,29,31). The molecule has 1 aromatic carbocycles. The Morgan fingerprint density at radius 3 is 2.37 bits per heavy atom. The van der Waals surface area contributed by atoms with Crippen molar-refractivity contribution in [1.82, 2.24) is 20.2 Å². The number of aliphatic imine (C=N–C) groups is 1. The number of aromatic nitrogens is 2. The Balaban J connectivity index is 2.12. The number of aryl methyl sites for hydroxylation is 1. The van der Waals surface area contributed by atoms with Crippen LogP contribution in [0, 0.1) is 6.92 Å². The van der Waals surface area contributed by atoms with Gasteiger partial charge in [0, 0.05) is 45.9 Å². The summed E-state index contributed by atoms with van der Waals surface area (Å²) in [5.41, 5.74) is 6.29. The summed E-state index contributed by atoms with van der Waals surface area (Å²) in [4.78, 5) is 23.8. The molecule has 0 radical (unpaired) electrons. The molecule has 1 unspecified atom stereocenters. The van der Waals surface area contributed by atoms with Crippen LogP contribution in [0.4, 0.5) is 10.9 Å². The summed E-state index contributed by atoms with van der Waals surface area (Å²) >= 11 is 1.64. The van der Waals surface area contributed by atoms with Gasteiger partial charge < -0.3 is 15.1 Å². The summed E-state index contributed by atoms with van der Waals surface area (Å²) in [6, 6.07) is 8.67. The lowest BCUT2D eigenvalue weighted by molar-refractivity contribution is 0.528. The summed E-state index contributed by atoms with van der Waals surface area (Å²) in [5, 5.41) is 9.20. The number of fused-ring (bicyclic) bond motifs is 2. The summed E-state index contributed by atoms with van der Waals surface area (Å²) < 4.78 is 0. The molecule has 0 saturated heterocycles. The third-order valence-electron chi connectivity index (χ3n) is 5.79. The first kappa shape index (κ1) is 25.1. The smallest absolute Gasteiger partial charge is 0.228 e. The molecule has 0 saturated carbocycles. The second kappa shape index (κ2) is 10.7. The topological polar surface area (TPSA) is 81.0 Å². The van der Waals surface area contributed by atoms with Gasteiger partial charge >= 0.3 is 0 Å². The Labute approximate surface area is 212 Å². The van der Waals surface area contributed by atoms with E-state index in [0.717, 1.165) is 63.1 Å². The molecule has 0 amide bonds. The second-order valence-electron chi connectivity index (χ2n) is 9.22. The van der Waals surface area contributed by atoms with Crippen LogP contribution in [0.15, 0.2) is 34.3 Å². The number of benzene rings is 1. The Bertz CT molecular complexity index is 1240. The lowest BCUT2D eigenvalue weighted by atomic mass is 9.94. The molecule has 3 heterocycles. The summed E-state index contributed by atoms with van der Waals surface area (Å²) in [6.07, 6.45) is 1.79. The van der Waals surface area contributed by atoms with Gasteiger partial charge in [-0.05, 0) is 31.9 Å². The van der Waals surface area contributed by atoms with Crippen LogP contribution in [-0.2, 0) is 0 Å². The number of hydrogen-bond donors (Lipinski definition) is 2. The zero-order chi connectivity index (χ0) is 25.1. The average Bonchev–Trinajstić information content (AvgIpc) is 2.84. The fourth-order valence-corrected chi connectivity index (χ4v) is 5.08. The molecule has 1 atom stereocenters. The van der Waals surface area contributed by atoms with E-state index in [2.05, 4.69) is 55.7 Å². The third-order valence-corrected chi connectivity index (χ3v) is 6.81. The zero-order valence-corrected chi connectivity index (χ0v) is 22.6. The molecular weight excluding hydrogens is 456 g/mol. The van der Waals surface area contributed by atoms with Gasteiger partial charge in [-0.1, -0.05) is 55.0 Å². The van der Waals surface area contributed by atoms with Crippen LogP contribution in [0.3, 0.4) is 0 Å². The minimum atomic E-state index is -0.187. The highest BCUT2D eigenvalue weighted by Crippen LogP contribution is 2.47. The van der Waals surface area contributed by atoms with Crippen molar-refractivity contribution in [1.29, 1.82) is 0 Å². The highest BCUT2D eigenvalue weighted by molar-refractivity contribution is 7.19. The Hall–Kier alpha value is -3.04. The van der Waals surface area contributed by atoms with Crippen LogP contribution in [0.25, 0.3) is 21.7 Å². The monoisotopic (exact) mass is 492 g/mol. The molecule has 3 aliphatic rings. The maximum atomic E-state index is 5.06. The van der Waals surface area contributed by atoms with E-state index in [-0.39, 0.29) is 6.17 Å². The maximum absolute atomic E-state index is 5.06. The van der Waals surface area contributed by atoms with E-state index in [0.29, 0.717) is 12.5 Å². The van der Waals surface area contributed by atoms with Crippen molar-refractivity contribution < 1.29 is 0 Å². The van der Waals surface area contributed by atoms with E-state index < -0.39 is 0 Å². The van der Waals surface area contributed by atoms with Crippen molar-refractivity contribution in [2.75, 3.05) is 51.5 Å². The highest BCUT2D eigenvalue weighted by Gasteiger charge is 2.32.